The van der Waals surface area contributed by atoms with Crippen LogP contribution in [0.25, 0.3) is 0 Å². The highest BCUT2D eigenvalue weighted by atomic mass is 16.5. The van der Waals surface area contributed by atoms with Crippen LogP contribution in [0.15, 0.2) is 66.7 Å². The van der Waals surface area contributed by atoms with Gasteiger partial charge in [0.25, 0.3) is 23.6 Å². The Morgan fingerprint density at radius 3 is 2.13 bits per heavy atom. The molecule has 0 radical (unpaired) electrons. The van der Waals surface area contributed by atoms with E-state index in [1.165, 1.54) is 36.1 Å². The highest BCUT2D eigenvalue weighted by Crippen LogP contribution is 2.30. The van der Waals surface area contributed by atoms with Crippen LogP contribution >= 0.6 is 0 Å². The first-order valence-electron chi connectivity index (χ1n) is 11.9. The van der Waals surface area contributed by atoms with E-state index in [0.29, 0.717) is 11.3 Å². The Bertz CT molecular complexity index is 1450. The molecule has 1 heterocycles. The maximum absolute atomic E-state index is 12.8. The number of nitrogens with one attached hydrogen (secondary N) is 2. The van der Waals surface area contributed by atoms with E-state index in [2.05, 4.69) is 10.6 Å². The first-order chi connectivity index (χ1) is 17.9. The van der Waals surface area contributed by atoms with Crippen LogP contribution in [-0.4, -0.2) is 40.0 Å². The molecule has 1 aliphatic rings. The predicted molar refractivity (Wildman–Crippen MR) is 140 cm³/mol. The van der Waals surface area contributed by atoms with E-state index in [4.69, 9.17) is 4.74 Å². The van der Waals surface area contributed by atoms with Gasteiger partial charge in [-0.3, -0.25) is 28.9 Å². The van der Waals surface area contributed by atoms with Gasteiger partial charge >= 0.3 is 5.97 Å². The van der Waals surface area contributed by atoms with Crippen LogP contribution in [0, 0.1) is 0 Å². The van der Waals surface area contributed by atoms with E-state index >= 15 is 0 Å². The number of esters is 1. The highest BCUT2D eigenvalue weighted by Gasteiger charge is 2.42. The zero-order valence-corrected chi connectivity index (χ0v) is 21.5. The summed E-state index contributed by atoms with van der Waals surface area (Å²) in [5.41, 5.74) is 1.79. The Hall–Kier alpha value is -4.79. The number of hydrogen-bond donors (Lipinski definition) is 2. The van der Waals surface area contributed by atoms with E-state index in [9.17, 15) is 24.0 Å². The molecule has 1 aliphatic heterocycles. The summed E-state index contributed by atoms with van der Waals surface area (Å²) in [7, 11) is 0. The van der Waals surface area contributed by atoms with Crippen molar-refractivity contribution in [2.75, 3.05) is 5.32 Å². The number of carbonyl (C=O) groups is 5. The van der Waals surface area contributed by atoms with Crippen molar-refractivity contribution in [2.24, 2.45) is 0 Å². The lowest BCUT2D eigenvalue weighted by Crippen LogP contribution is -2.45. The fraction of sp³-hybridized carbons (Fsp3) is 0.207. The Morgan fingerprint density at radius 1 is 0.816 bits per heavy atom. The van der Waals surface area contributed by atoms with Crippen LogP contribution in [0.5, 0.6) is 5.75 Å². The molecular formula is C29H27N3O6. The second-order valence-electron chi connectivity index (χ2n) is 9.83. The maximum atomic E-state index is 12.8. The highest BCUT2D eigenvalue weighted by molar-refractivity contribution is 6.22. The number of benzene rings is 3. The Kier molecular flexibility index (Phi) is 7.12. The molecule has 9 nitrogen and oxygen atoms in total. The quantitative estimate of drug-likeness (QED) is 0.290. The van der Waals surface area contributed by atoms with Gasteiger partial charge in [0.1, 0.15) is 5.75 Å². The zero-order chi connectivity index (χ0) is 27.6. The number of amides is 4. The van der Waals surface area contributed by atoms with Gasteiger partial charge in [0.05, 0.1) is 11.1 Å². The third-order valence-corrected chi connectivity index (χ3v) is 5.84. The maximum Gasteiger partial charge on any atom is 0.308 e. The minimum Gasteiger partial charge on any atom is -0.427 e. The first kappa shape index (κ1) is 26.3. The summed E-state index contributed by atoms with van der Waals surface area (Å²) in [5, 5.41) is 5.58. The van der Waals surface area contributed by atoms with Gasteiger partial charge in [-0.05, 0) is 74.9 Å². The molecule has 0 unspecified atom stereocenters. The van der Waals surface area contributed by atoms with Crippen molar-refractivity contribution < 1.29 is 28.7 Å². The lowest BCUT2D eigenvalue weighted by Gasteiger charge is -2.29. The normalized spacial score (nSPS) is 12.7. The van der Waals surface area contributed by atoms with Gasteiger partial charge in [0.2, 0.25) is 0 Å². The van der Waals surface area contributed by atoms with Crippen LogP contribution in [0.1, 0.15) is 74.7 Å². The molecule has 0 fully saturated rings. The van der Waals surface area contributed by atoms with Crippen LogP contribution in [0.2, 0.25) is 0 Å². The number of anilines is 1. The fourth-order valence-corrected chi connectivity index (χ4v) is 4.05. The van der Waals surface area contributed by atoms with Crippen molar-refractivity contribution in [3.63, 3.8) is 0 Å². The average molecular weight is 514 g/mol. The van der Waals surface area contributed by atoms with Gasteiger partial charge in [-0.15, -0.1) is 0 Å². The van der Waals surface area contributed by atoms with E-state index in [1.807, 2.05) is 0 Å². The summed E-state index contributed by atoms with van der Waals surface area (Å²) in [6.45, 7) is 6.84. The number of carbonyl (C=O) groups excluding carboxylic acids is 5. The number of hydrogen-bond acceptors (Lipinski definition) is 6. The van der Waals surface area contributed by atoms with Crippen molar-refractivity contribution in [3.8, 4) is 5.75 Å². The van der Waals surface area contributed by atoms with E-state index in [0.717, 1.165) is 5.56 Å². The second-order valence-corrected chi connectivity index (χ2v) is 9.83. The fourth-order valence-electron chi connectivity index (χ4n) is 4.05. The topological polar surface area (TPSA) is 122 Å². The standard InChI is InChI=1S/C29H27N3O6/c1-17(33)38-22-7-5-6-19(14-22)26(35)31-21-11-8-18(9-12-21)16-30-25(34)20-10-13-23-24(15-20)28(37)32(27(23)36)29(2,3)4/h5-15H,16H2,1-4H3,(H,30,34)(H,31,35). The average Bonchev–Trinajstić information content (AvgIpc) is 3.12. The molecule has 38 heavy (non-hydrogen) atoms. The third-order valence-electron chi connectivity index (χ3n) is 5.84. The SMILES string of the molecule is CC(=O)Oc1cccc(C(=O)Nc2ccc(CNC(=O)c3ccc4c(c3)C(=O)N(C(C)(C)C)C4=O)cc2)c1. The van der Waals surface area contributed by atoms with Gasteiger partial charge in [-0.25, -0.2) is 0 Å². The van der Waals surface area contributed by atoms with E-state index in [-0.39, 0.29) is 46.7 Å². The molecule has 0 spiro atoms. The van der Waals surface area contributed by atoms with Gasteiger partial charge in [-0.1, -0.05) is 18.2 Å². The summed E-state index contributed by atoms with van der Waals surface area (Å²) in [6, 6.07) is 17.7. The summed E-state index contributed by atoms with van der Waals surface area (Å²) in [6.07, 6.45) is 0. The number of ether oxygens (including phenoxy) is 1. The van der Waals surface area contributed by atoms with Gasteiger partial charge in [0.15, 0.2) is 0 Å². The largest absolute Gasteiger partial charge is 0.427 e. The number of rotatable bonds is 6. The van der Waals surface area contributed by atoms with Gasteiger partial charge in [0, 0.05) is 35.8 Å². The lowest BCUT2D eigenvalue weighted by atomic mass is 10.1. The van der Waals surface area contributed by atoms with Gasteiger partial charge in [-0.2, -0.15) is 0 Å². The molecule has 0 aliphatic carbocycles. The van der Waals surface area contributed by atoms with E-state index < -0.39 is 17.4 Å². The van der Waals surface area contributed by atoms with Crippen LogP contribution in [-0.2, 0) is 11.3 Å². The van der Waals surface area contributed by atoms with Crippen LogP contribution in [0.3, 0.4) is 0 Å². The monoisotopic (exact) mass is 513 g/mol. The minimum absolute atomic E-state index is 0.218. The molecule has 0 bridgehead atoms. The van der Waals surface area contributed by atoms with Crippen molar-refractivity contribution in [1.82, 2.24) is 10.2 Å². The van der Waals surface area contributed by atoms with Crippen molar-refractivity contribution >= 4 is 35.3 Å². The molecule has 3 aromatic carbocycles. The lowest BCUT2D eigenvalue weighted by molar-refractivity contribution is -0.131. The summed E-state index contributed by atoms with van der Waals surface area (Å²) < 4.78 is 5.01. The van der Waals surface area contributed by atoms with Crippen LogP contribution in [0.4, 0.5) is 5.69 Å². The molecule has 194 valence electrons. The molecule has 4 amide bonds. The third kappa shape index (κ3) is 5.62. The molecule has 2 N–H and O–H groups in total. The minimum atomic E-state index is -0.671. The van der Waals surface area contributed by atoms with Crippen LogP contribution < -0.4 is 15.4 Å². The molecule has 0 aromatic heterocycles. The summed E-state index contributed by atoms with van der Waals surface area (Å²) in [5.74, 6) is -1.72. The number of imide groups is 1. The molecule has 0 saturated carbocycles. The molecule has 0 atom stereocenters. The number of fused-ring (bicyclic) bond motifs is 1. The van der Waals surface area contributed by atoms with Gasteiger partial charge < -0.3 is 15.4 Å². The summed E-state index contributed by atoms with van der Waals surface area (Å²) in [4.78, 5) is 63.0. The molecule has 9 heteroatoms. The molecular weight excluding hydrogens is 486 g/mol. The molecule has 4 rings (SSSR count). The first-order valence-corrected chi connectivity index (χ1v) is 11.9. The Labute approximate surface area is 219 Å². The van der Waals surface area contributed by atoms with Crippen molar-refractivity contribution in [3.05, 3.63) is 94.5 Å². The zero-order valence-electron chi connectivity index (χ0n) is 21.5. The number of nitrogens with zero attached hydrogens (tertiary/aromatic N) is 1. The smallest absolute Gasteiger partial charge is 0.308 e. The summed E-state index contributed by atoms with van der Waals surface area (Å²) >= 11 is 0. The van der Waals surface area contributed by atoms with E-state index in [1.54, 1.807) is 63.2 Å². The predicted octanol–water partition coefficient (Wildman–Crippen LogP) is 4.19. The van der Waals surface area contributed by atoms with Crippen molar-refractivity contribution in [2.45, 2.75) is 39.8 Å². The Morgan fingerprint density at radius 2 is 1.47 bits per heavy atom. The molecule has 3 aromatic rings. The van der Waals surface area contributed by atoms with Crippen molar-refractivity contribution in [1.29, 1.82) is 0 Å². The Balaban J connectivity index is 1.36. The molecule has 0 saturated heterocycles. The second kappa shape index (κ2) is 10.3.